The van der Waals surface area contributed by atoms with E-state index in [4.69, 9.17) is 4.74 Å². The van der Waals surface area contributed by atoms with E-state index in [1.54, 1.807) is 12.1 Å². The van der Waals surface area contributed by atoms with Crippen LogP contribution in [0.2, 0.25) is 0 Å². The highest BCUT2D eigenvalue weighted by Gasteiger charge is 2.41. The van der Waals surface area contributed by atoms with E-state index in [1.165, 1.54) is 25.0 Å². The molecule has 0 amide bonds. The molecule has 1 saturated heterocycles. The number of hydrogen-bond donors (Lipinski definition) is 0. The predicted molar refractivity (Wildman–Crippen MR) is 73.0 cm³/mol. The number of halogens is 1. The summed E-state index contributed by atoms with van der Waals surface area (Å²) in [6, 6.07) is 6.06. The second-order valence-corrected chi connectivity index (χ2v) is 7.34. The van der Waals surface area contributed by atoms with E-state index >= 15 is 0 Å². The van der Waals surface area contributed by atoms with Crippen LogP contribution in [0.15, 0.2) is 29.2 Å². The minimum Gasteiger partial charge on any atom is -0.375 e. The first-order chi connectivity index (χ1) is 9.19. The molecule has 0 aromatic heterocycles. The number of benzene rings is 1. The molecule has 1 spiro atoms. The topological polar surface area (TPSA) is 26.3 Å². The first-order valence-electron chi connectivity index (χ1n) is 6.99. The molecule has 1 aliphatic heterocycles. The van der Waals surface area contributed by atoms with Crippen molar-refractivity contribution in [3.8, 4) is 0 Å². The summed E-state index contributed by atoms with van der Waals surface area (Å²) < 4.78 is 31.5. The summed E-state index contributed by atoms with van der Waals surface area (Å²) in [5.74, 6) is -0.278. The van der Waals surface area contributed by atoms with Crippen molar-refractivity contribution >= 4 is 10.8 Å². The fourth-order valence-corrected chi connectivity index (χ4v) is 4.85. The Morgan fingerprint density at radius 3 is 2.58 bits per heavy atom. The first-order valence-corrected chi connectivity index (χ1v) is 8.20. The van der Waals surface area contributed by atoms with Gasteiger partial charge >= 0.3 is 0 Å². The molecule has 2 atom stereocenters. The van der Waals surface area contributed by atoms with E-state index in [0.29, 0.717) is 6.61 Å². The minimum atomic E-state index is -1.05. The Kier molecular flexibility index (Phi) is 3.72. The SMILES string of the molecule is O=S(c1ccc(F)cc1)C1CCOC2(CCCC2)C1. The maximum atomic E-state index is 12.9. The molecule has 0 bridgehead atoms. The lowest BCUT2D eigenvalue weighted by molar-refractivity contribution is -0.0708. The highest BCUT2D eigenvalue weighted by Crippen LogP contribution is 2.41. The van der Waals surface area contributed by atoms with E-state index in [0.717, 1.165) is 30.6 Å². The molecule has 104 valence electrons. The van der Waals surface area contributed by atoms with Gasteiger partial charge in [0, 0.05) is 16.8 Å². The maximum Gasteiger partial charge on any atom is 0.123 e. The van der Waals surface area contributed by atoms with Crippen molar-refractivity contribution in [2.75, 3.05) is 6.61 Å². The Balaban J connectivity index is 1.74. The summed E-state index contributed by atoms with van der Waals surface area (Å²) in [5, 5.41) is 0.150. The van der Waals surface area contributed by atoms with Gasteiger partial charge in [0.05, 0.1) is 16.4 Å². The molecule has 1 aromatic rings. The van der Waals surface area contributed by atoms with Crippen LogP contribution < -0.4 is 0 Å². The average Bonchev–Trinajstić information content (AvgIpc) is 2.87. The van der Waals surface area contributed by atoms with Crippen molar-refractivity contribution in [1.82, 2.24) is 0 Å². The smallest absolute Gasteiger partial charge is 0.123 e. The van der Waals surface area contributed by atoms with Crippen molar-refractivity contribution in [1.29, 1.82) is 0 Å². The van der Waals surface area contributed by atoms with Gasteiger partial charge < -0.3 is 4.74 Å². The third-order valence-electron chi connectivity index (χ3n) is 4.31. The third kappa shape index (κ3) is 2.75. The molecule has 4 heteroatoms. The molecule has 1 aromatic carbocycles. The summed E-state index contributed by atoms with van der Waals surface area (Å²) in [7, 11) is -1.05. The quantitative estimate of drug-likeness (QED) is 0.830. The second-order valence-electron chi connectivity index (χ2n) is 5.60. The monoisotopic (exact) mass is 282 g/mol. The first kappa shape index (κ1) is 13.3. The van der Waals surface area contributed by atoms with Crippen LogP contribution in [0.3, 0.4) is 0 Å². The fourth-order valence-electron chi connectivity index (χ4n) is 3.29. The lowest BCUT2D eigenvalue weighted by atomic mass is 9.92. The highest BCUT2D eigenvalue weighted by atomic mass is 32.2. The molecule has 3 rings (SSSR count). The van der Waals surface area contributed by atoms with Crippen LogP contribution in [-0.2, 0) is 15.5 Å². The Bertz CT molecular complexity index is 466. The van der Waals surface area contributed by atoms with Gasteiger partial charge in [0.2, 0.25) is 0 Å². The third-order valence-corrected chi connectivity index (χ3v) is 6.06. The van der Waals surface area contributed by atoms with Crippen LogP contribution in [0.1, 0.15) is 38.5 Å². The largest absolute Gasteiger partial charge is 0.375 e. The summed E-state index contributed by atoms with van der Waals surface area (Å²) >= 11 is 0. The van der Waals surface area contributed by atoms with Gasteiger partial charge in [-0.3, -0.25) is 4.21 Å². The van der Waals surface area contributed by atoms with Crippen LogP contribution in [0.25, 0.3) is 0 Å². The molecule has 0 radical (unpaired) electrons. The summed E-state index contributed by atoms with van der Waals surface area (Å²) in [5.41, 5.74) is -0.0153. The zero-order chi connectivity index (χ0) is 13.3. The molecule has 2 fully saturated rings. The van der Waals surface area contributed by atoms with Gasteiger partial charge in [-0.25, -0.2) is 4.39 Å². The maximum absolute atomic E-state index is 12.9. The van der Waals surface area contributed by atoms with Crippen LogP contribution in [0.5, 0.6) is 0 Å². The molecule has 2 unspecified atom stereocenters. The van der Waals surface area contributed by atoms with Gasteiger partial charge in [-0.1, -0.05) is 12.8 Å². The zero-order valence-corrected chi connectivity index (χ0v) is 11.8. The van der Waals surface area contributed by atoms with E-state index in [-0.39, 0.29) is 16.7 Å². The van der Waals surface area contributed by atoms with Gasteiger partial charge in [0.15, 0.2) is 0 Å². The molecule has 19 heavy (non-hydrogen) atoms. The van der Waals surface area contributed by atoms with Gasteiger partial charge in [-0.15, -0.1) is 0 Å². The van der Waals surface area contributed by atoms with Crippen LogP contribution in [0.4, 0.5) is 4.39 Å². The fraction of sp³-hybridized carbons (Fsp3) is 0.600. The van der Waals surface area contributed by atoms with Crippen molar-refractivity contribution < 1.29 is 13.3 Å². The summed E-state index contributed by atoms with van der Waals surface area (Å²) in [4.78, 5) is 0.737. The minimum absolute atomic E-state index is 0.0153. The normalized spacial score (nSPS) is 27.5. The van der Waals surface area contributed by atoms with Crippen molar-refractivity contribution in [2.24, 2.45) is 0 Å². The number of hydrogen-bond acceptors (Lipinski definition) is 2. The van der Waals surface area contributed by atoms with Gasteiger partial charge in [-0.05, 0) is 49.9 Å². The van der Waals surface area contributed by atoms with E-state index in [1.807, 2.05) is 0 Å². The van der Waals surface area contributed by atoms with Crippen LogP contribution >= 0.6 is 0 Å². The lowest BCUT2D eigenvalue weighted by Crippen LogP contribution is -2.41. The predicted octanol–water partition coefficient (Wildman–Crippen LogP) is 3.43. The Morgan fingerprint density at radius 1 is 1.21 bits per heavy atom. The van der Waals surface area contributed by atoms with E-state index in [9.17, 15) is 8.60 Å². The molecular formula is C15H19FO2S. The molecule has 0 N–H and O–H groups in total. The van der Waals surface area contributed by atoms with Crippen LogP contribution in [-0.4, -0.2) is 21.7 Å². The number of ether oxygens (including phenoxy) is 1. The Morgan fingerprint density at radius 2 is 1.89 bits per heavy atom. The Hall–Kier alpha value is -0.740. The molecule has 1 saturated carbocycles. The molecule has 2 aliphatic rings. The van der Waals surface area contributed by atoms with Gasteiger partial charge in [-0.2, -0.15) is 0 Å². The number of rotatable bonds is 2. The summed E-state index contributed by atoms with van der Waals surface area (Å²) in [6.45, 7) is 0.706. The highest BCUT2D eigenvalue weighted by molar-refractivity contribution is 7.85. The average molecular weight is 282 g/mol. The van der Waals surface area contributed by atoms with Crippen molar-refractivity contribution in [3.63, 3.8) is 0 Å². The van der Waals surface area contributed by atoms with E-state index < -0.39 is 10.8 Å². The van der Waals surface area contributed by atoms with Gasteiger partial charge in [0.25, 0.3) is 0 Å². The second kappa shape index (κ2) is 5.33. The van der Waals surface area contributed by atoms with Gasteiger partial charge in [0.1, 0.15) is 5.82 Å². The van der Waals surface area contributed by atoms with Crippen molar-refractivity contribution in [3.05, 3.63) is 30.1 Å². The summed E-state index contributed by atoms with van der Waals surface area (Å²) in [6.07, 6.45) is 6.36. The standard InChI is InChI=1S/C15H19FO2S/c16-12-3-5-13(6-4-12)19(17)14-7-10-18-15(11-14)8-1-2-9-15/h3-6,14H,1-2,7-11H2. The zero-order valence-electron chi connectivity index (χ0n) is 10.9. The molecule has 1 heterocycles. The molecule has 2 nitrogen and oxygen atoms in total. The van der Waals surface area contributed by atoms with Crippen LogP contribution in [0, 0.1) is 5.82 Å². The molecular weight excluding hydrogens is 263 g/mol. The van der Waals surface area contributed by atoms with E-state index in [2.05, 4.69) is 0 Å². The Labute approximate surface area is 115 Å². The lowest BCUT2D eigenvalue weighted by Gasteiger charge is -2.37. The van der Waals surface area contributed by atoms with Crippen molar-refractivity contribution in [2.45, 2.75) is 54.3 Å². The molecule has 1 aliphatic carbocycles.